The Kier molecular flexibility index (Phi) is 3.74. The van der Waals surface area contributed by atoms with Crippen molar-refractivity contribution in [3.63, 3.8) is 0 Å². The van der Waals surface area contributed by atoms with Crippen LogP contribution >= 0.6 is 15.9 Å². The number of aryl methyl sites for hydroxylation is 1. The SMILES string of the molecule is NCCCc1ccc(-n2nccc2Br)cc1. The van der Waals surface area contributed by atoms with Crippen LogP contribution in [0.4, 0.5) is 0 Å². The van der Waals surface area contributed by atoms with Crippen LogP contribution in [0.25, 0.3) is 5.69 Å². The van der Waals surface area contributed by atoms with Crippen molar-refractivity contribution in [2.24, 2.45) is 5.73 Å². The van der Waals surface area contributed by atoms with Crippen LogP contribution in [-0.2, 0) is 6.42 Å². The summed E-state index contributed by atoms with van der Waals surface area (Å²) in [6, 6.07) is 10.3. The van der Waals surface area contributed by atoms with Gasteiger partial charge in [-0.25, -0.2) is 4.68 Å². The molecule has 1 aromatic heterocycles. The summed E-state index contributed by atoms with van der Waals surface area (Å²) < 4.78 is 2.81. The number of rotatable bonds is 4. The minimum Gasteiger partial charge on any atom is -0.330 e. The third-order valence-electron chi connectivity index (χ3n) is 2.45. The van der Waals surface area contributed by atoms with Crippen LogP contribution in [0.2, 0.25) is 0 Å². The first-order valence-electron chi connectivity index (χ1n) is 5.30. The van der Waals surface area contributed by atoms with Crippen LogP contribution in [0.5, 0.6) is 0 Å². The average Bonchev–Trinajstić information content (AvgIpc) is 2.74. The molecule has 2 rings (SSSR count). The molecule has 0 bridgehead atoms. The zero-order valence-electron chi connectivity index (χ0n) is 8.94. The van der Waals surface area contributed by atoms with Crippen LogP contribution in [0.1, 0.15) is 12.0 Å². The molecule has 16 heavy (non-hydrogen) atoms. The zero-order valence-corrected chi connectivity index (χ0v) is 10.5. The van der Waals surface area contributed by atoms with E-state index >= 15 is 0 Å². The van der Waals surface area contributed by atoms with Gasteiger partial charge >= 0.3 is 0 Å². The largest absolute Gasteiger partial charge is 0.330 e. The number of hydrogen-bond acceptors (Lipinski definition) is 2. The first-order chi connectivity index (χ1) is 7.81. The summed E-state index contributed by atoms with van der Waals surface area (Å²) in [5.74, 6) is 0. The standard InChI is InChI=1S/C12H14BrN3/c13-12-7-9-15-16(12)11-5-3-10(4-6-11)2-1-8-14/h3-7,9H,1-2,8,14H2. The minimum absolute atomic E-state index is 0.743. The summed E-state index contributed by atoms with van der Waals surface area (Å²) in [7, 11) is 0. The second-order valence-electron chi connectivity index (χ2n) is 3.62. The minimum atomic E-state index is 0.743. The van der Waals surface area contributed by atoms with Crippen molar-refractivity contribution in [3.8, 4) is 5.69 Å². The van der Waals surface area contributed by atoms with Gasteiger partial charge in [-0.2, -0.15) is 5.10 Å². The predicted octanol–water partition coefficient (Wildman–Crippen LogP) is 2.53. The van der Waals surface area contributed by atoms with Gasteiger partial charge in [-0.3, -0.25) is 0 Å². The van der Waals surface area contributed by atoms with E-state index in [1.165, 1.54) is 5.56 Å². The van der Waals surface area contributed by atoms with Crippen LogP contribution in [0.3, 0.4) is 0 Å². The van der Waals surface area contributed by atoms with Gasteiger partial charge < -0.3 is 5.73 Å². The van der Waals surface area contributed by atoms with Crippen molar-refractivity contribution in [3.05, 3.63) is 46.7 Å². The number of hydrogen-bond donors (Lipinski definition) is 1. The van der Waals surface area contributed by atoms with Gasteiger partial charge in [0.25, 0.3) is 0 Å². The molecule has 1 heterocycles. The van der Waals surface area contributed by atoms with E-state index in [0.717, 1.165) is 29.7 Å². The molecular weight excluding hydrogens is 266 g/mol. The molecular formula is C12H14BrN3. The highest BCUT2D eigenvalue weighted by Crippen LogP contribution is 2.16. The van der Waals surface area contributed by atoms with E-state index in [2.05, 4.69) is 45.3 Å². The maximum atomic E-state index is 5.48. The molecule has 0 atom stereocenters. The molecule has 0 saturated heterocycles. The highest BCUT2D eigenvalue weighted by atomic mass is 79.9. The third kappa shape index (κ3) is 2.51. The smallest absolute Gasteiger partial charge is 0.109 e. The molecule has 1 aromatic carbocycles. The van der Waals surface area contributed by atoms with E-state index < -0.39 is 0 Å². The Morgan fingerprint density at radius 1 is 1.19 bits per heavy atom. The number of aromatic nitrogens is 2. The summed E-state index contributed by atoms with van der Waals surface area (Å²) in [6.07, 6.45) is 3.84. The first kappa shape index (κ1) is 11.4. The summed E-state index contributed by atoms with van der Waals surface area (Å²) >= 11 is 3.45. The molecule has 0 amide bonds. The van der Waals surface area contributed by atoms with Gasteiger partial charge in [0.1, 0.15) is 4.60 Å². The highest BCUT2D eigenvalue weighted by Gasteiger charge is 2.01. The highest BCUT2D eigenvalue weighted by molar-refractivity contribution is 9.10. The summed E-state index contributed by atoms with van der Waals surface area (Å²) in [5.41, 5.74) is 7.86. The first-order valence-corrected chi connectivity index (χ1v) is 6.09. The molecule has 0 spiro atoms. The van der Waals surface area contributed by atoms with E-state index in [9.17, 15) is 0 Å². The van der Waals surface area contributed by atoms with Crippen molar-refractivity contribution in [1.82, 2.24) is 9.78 Å². The molecule has 2 aromatic rings. The predicted molar refractivity (Wildman–Crippen MR) is 68.6 cm³/mol. The van der Waals surface area contributed by atoms with Crippen molar-refractivity contribution in [2.75, 3.05) is 6.54 Å². The van der Waals surface area contributed by atoms with Gasteiger partial charge in [-0.15, -0.1) is 0 Å². The molecule has 2 N–H and O–H groups in total. The second-order valence-corrected chi connectivity index (χ2v) is 4.44. The van der Waals surface area contributed by atoms with Crippen molar-refractivity contribution in [1.29, 1.82) is 0 Å². The summed E-state index contributed by atoms with van der Waals surface area (Å²) in [5, 5.41) is 4.23. The Morgan fingerprint density at radius 3 is 2.50 bits per heavy atom. The Balaban J connectivity index is 2.16. The lowest BCUT2D eigenvalue weighted by atomic mass is 10.1. The fraction of sp³-hybridized carbons (Fsp3) is 0.250. The number of nitrogens with zero attached hydrogens (tertiary/aromatic N) is 2. The fourth-order valence-electron chi connectivity index (χ4n) is 1.59. The van der Waals surface area contributed by atoms with Gasteiger partial charge in [0.15, 0.2) is 0 Å². The Labute approximate surface area is 103 Å². The van der Waals surface area contributed by atoms with Crippen LogP contribution in [0, 0.1) is 0 Å². The monoisotopic (exact) mass is 279 g/mol. The number of benzene rings is 1. The van der Waals surface area contributed by atoms with Gasteiger partial charge in [0.2, 0.25) is 0 Å². The molecule has 0 aliphatic carbocycles. The molecule has 4 heteroatoms. The van der Waals surface area contributed by atoms with Crippen molar-refractivity contribution < 1.29 is 0 Å². The maximum absolute atomic E-state index is 5.48. The van der Waals surface area contributed by atoms with E-state index in [1.54, 1.807) is 6.20 Å². The lowest BCUT2D eigenvalue weighted by Gasteiger charge is -2.05. The zero-order chi connectivity index (χ0) is 11.4. The number of nitrogens with two attached hydrogens (primary N) is 1. The topological polar surface area (TPSA) is 43.8 Å². The fourth-order valence-corrected chi connectivity index (χ4v) is 2.00. The van der Waals surface area contributed by atoms with Crippen LogP contribution < -0.4 is 5.73 Å². The van der Waals surface area contributed by atoms with Gasteiger partial charge in [-0.05, 0) is 59.1 Å². The molecule has 0 radical (unpaired) electrons. The second kappa shape index (κ2) is 5.27. The third-order valence-corrected chi connectivity index (χ3v) is 3.05. The molecule has 3 nitrogen and oxygen atoms in total. The van der Waals surface area contributed by atoms with Gasteiger partial charge in [0, 0.05) is 0 Å². The maximum Gasteiger partial charge on any atom is 0.109 e. The van der Waals surface area contributed by atoms with E-state index in [0.29, 0.717) is 0 Å². The molecule has 0 unspecified atom stereocenters. The van der Waals surface area contributed by atoms with Gasteiger partial charge in [0.05, 0.1) is 11.9 Å². The van der Waals surface area contributed by atoms with Crippen molar-refractivity contribution >= 4 is 15.9 Å². The molecule has 84 valence electrons. The van der Waals surface area contributed by atoms with E-state index in [4.69, 9.17) is 5.73 Å². The molecule has 0 aliphatic rings. The average molecular weight is 280 g/mol. The summed E-state index contributed by atoms with van der Waals surface area (Å²) in [4.78, 5) is 0. The normalized spacial score (nSPS) is 10.6. The Hall–Kier alpha value is -1.13. The Bertz CT molecular complexity index is 448. The molecule has 0 saturated carbocycles. The van der Waals surface area contributed by atoms with Crippen molar-refractivity contribution in [2.45, 2.75) is 12.8 Å². The van der Waals surface area contributed by atoms with Gasteiger partial charge in [-0.1, -0.05) is 12.1 Å². The quantitative estimate of drug-likeness (QED) is 0.935. The lowest BCUT2D eigenvalue weighted by Crippen LogP contribution is -2.01. The molecule has 0 aliphatic heterocycles. The van der Waals surface area contributed by atoms with Crippen LogP contribution in [-0.4, -0.2) is 16.3 Å². The summed E-state index contributed by atoms with van der Waals surface area (Å²) in [6.45, 7) is 0.743. The van der Waals surface area contributed by atoms with Crippen LogP contribution in [0.15, 0.2) is 41.1 Å². The lowest BCUT2D eigenvalue weighted by molar-refractivity contribution is 0.828. The van der Waals surface area contributed by atoms with E-state index in [-0.39, 0.29) is 0 Å². The molecule has 0 fully saturated rings. The van der Waals surface area contributed by atoms with E-state index in [1.807, 2.05) is 10.7 Å². The Morgan fingerprint density at radius 2 is 1.94 bits per heavy atom. The number of halogens is 1.